The summed E-state index contributed by atoms with van der Waals surface area (Å²) in [6.45, 7) is 0. The van der Waals surface area contributed by atoms with E-state index in [1.54, 1.807) is 12.3 Å². The monoisotopic (exact) mass is 381 g/mol. The number of benzene rings is 2. The third-order valence-corrected chi connectivity index (χ3v) is 4.80. The maximum Gasteiger partial charge on any atom is 0.227 e. The number of amides is 2. The van der Waals surface area contributed by atoms with E-state index in [4.69, 9.17) is 10.2 Å². The van der Waals surface area contributed by atoms with E-state index in [-0.39, 0.29) is 18.1 Å². The fourth-order valence-corrected chi connectivity index (χ4v) is 3.19. The Morgan fingerprint density at radius 3 is 2.59 bits per heavy atom. The van der Waals surface area contributed by atoms with Gasteiger partial charge in [0.15, 0.2) is 11.7 Å². The van der Waals surface area contributed by atoms with Crippen molar-refractivity contribution in [3.63, 3.8) is 0 Å². The van der Waals surface area contributed by atoms with Crippen molar-refractivity contribution in [3.05, 3.63) is 66.7 Å². The number of hydrogen-bond acceptors (Lipinski definition) is 5. The molecule has 6 nitrogen and oxygen atoms in total. The predicted molar refractivity (Wildman–Crippen MR) is 105 cm³/mol. The third kappa shape index (κ3) is 5.46. The summed E-state index contributed by atoms with van der Waals surface area (Å²) in [6.07, 6.45) is 2.30. The first-order valence-electron chi connectivity index (χ1n) is 8.42. The number of nitrogens with one attached hydrogen (secondary N) is 1. The molecule has 138 valence electrons. The van der Waals surface area contributed by atoms with E-state index >= 15 is 0 Å². The van der Waals surface area contributed by atoms with Crippen molar-refractivity contribution >= 4 is 29.3 Å². The molecular formula is C20H19N3O3S. The van der Waals surface area contributed by atoms with Gasteiger partial charge in [0.05, 0.1) is 17.6 Å². The Morgan fingerprint density at radius 2 is 1.81 bits per heavy atom. The summed E-state index contributed by atoms with van der Waals surface area (Å²) in [5.41, 5.74) is 6.79. The second-order valence-corrected chi connectivity index (χ2v) is 6.80. The SMILES string of the molecule is NC(=O)CSc1ccccc1NC(=O)CCc1ncc(-c2ccccc2)o1. The second kappa shape index (κ2) is 9.05. The van der Waals surface area contributed by atoms with Crippen LogP contribution in [0.3, 0.4) is 0 Å². The molecule has 0 saturated heterocycles. The van der Waals surface area contributed by atoms with Gasteiger partial charge in [-0.2, -0.15) is 0 Å². The zero-order valence-electron chi connectivity index (χ0n) is 14.6. The lowest BCUT2D eigenvalue weighted by molar-refractivity contribution is -0.116. The number of para-hydroxylation sites is 1. The molecule has 0 spiro atoms. The molecule has 7 heteroatoms. The molecule has 1 aromatic heterocycles. The van der Waals surface area contributed by atoms with E-state index in [1.807, 2.05) is 48.5 Å². The van der Waals surface area contributed by atoms with Gasteiger partial charge in [0.1, 0.15) is 0 Å². The number of aryl methyl sites for hydroxylation is 1. The first-order valence-corrected chi connectivity index (χ1v) is 9.40. The number of oxazole rings is 1. The van der Waals surface area contributed by atoms with Gasteiger partial charge in [-0.25, -0.2) is 4.98 Å². The fraction of sp³-hybridized carbons (Fsp3) is 0.150. The molecule has 0 aliphatic carbocycles. The minimum absolute atomic E-state index is 0.151. The summed E-state index contributed by atoms with van der Waals surface area (Å²) in [5.74, 6) is 0.797. The molecule has 0 radical (unpaired) electrons. The van der Waals surface area contributed by atoms with E-state index in [0.29, 0.717) is 23.8 Å². The quantitative estimate of drug-likeness (QED) is 0.582. The highest BCUT2D eigenvalue weighted by molar-refractivity contribution is 8.00. The van der Waals surface area contributed by atoms with Crippen LogP contribution in [0.2, 0.25) is 0 Å². The highest BCUT2D eigenvalue weighted by Crippen LogP contribution is 2.27. The van der Waals surface area contributed by atoms with Crippen molar-refractivity contribution < 1.29 is 14.0 Å². The predicted octanol–water partition coefficient (Wildman–Crippen LogP) is 3.49. The number of rotatable bonds is 8. The molecule has 0 saturated carbocycles. The van der Waals surface area contributed by atoms with Gasteiger partial charge in [-0.05, 0) is 12.1 Å². The van der Waals surface area contributed by atoms with E-state index in [9.17, 15) is 9.59 Å². The highest BCUT2D eigenvalue weighted by Gasteiger charge is 2.11. The molecule has 3 aromatic rings. The average molecular weight is 381 g/mol. The molecule has 27 heavy (non-hydrogen) atoms. The molecule has 0 aliphatic heterocycles. The lowest BCUT2D eigenvalue weighted by Crippen LogP contribution is -2.15. The lowest BCUT2D eigenvalue weighted by atomic mass is 10.2. The van der Waals surface area contributed by atoms with E-state index in [1.165, 1.54) is 11.8 Å². The van der Waals surface area contributed by atoms with Crippen LogP contribution in [0.4, 0.5) is 5.69 Å². The van der Waals surface area contributed by atoms with Gasteiger partial charge >= 0.3 is 0 Å². The Kier molecular flexibility index (Phi) is 6.27. The molecular weight excluding hydrogens is 362 g/mol. The minimum Gasteiger partial charge on any atom is -0.441 e. The Balaban J connectivity index is 1.56. The summed E-state index contributed by atoms with van der Waals surface area (Å²) >= 11 is 1.29. The van der Waals surface area contributed by atoms with Crippen LogP contribution in [0.1, 0.15) is 12.3 Å². The van der Waals surface area contributed by atoms with Crippen molar-refractivity contribution in [1.82, 2.24) is 4.98 Å². The number of carbonyl (C=O) groups is 2. The van der Waals surface area contributed by atoms with Gasteiger partial charge in [0.2, 0.25) is 11.8 Å². The summed E-state index contributed by atoms with van der Waals surface area (Å²) in [6, 6.07) is 17.0. The van der Waals surface area contributed by atoms with Crippen molar-refractivity contribution in [1.29, 1.82) is 0 Å². The van der Waals surface area contributed by atoms with Gasteiger partial charge in [0, 0.05) is 23.3 Å². The van der Waals surface area contributed by atoms with Gasteiger partial charge in [-0.15, -0.1) is 11.8 Å². The number of nitrogens with zero attached hydrogens (tertiary/aromatic N) is 1. The molecule has 0 fully saturated rings. The molecule has 3 rings (SSSR count). The number of anilines is 1. The lowest BCUT2D eigenvalue weighted by Gasteiger charge is -2.09. The van der Waals surface area contributed by atoms with Crippen molar-refractivity contribution in [2.75, 3.05) is 11.1 Å². The Hall–Kier alpha value is -3.06. The van der Waals surface area contributed by atoms with Gasteiger partial charge in [-0.1, -0.05) is 42.5 Å². The maximum atomic E-state index is 12.3. The van der Waals surface area contributed by atoms with Crippen LogP contribution in [0.25, 0.3) is 11.3 Å². The first kappa shape index (κ1) is 18.7. The van der Waals surface area contributed by atoms with Crippen LogP contribution in [0, 0.1) is 0 Å². The number of carbonyl (C=O) groups excluding carboxylic acids is 2. The molecule has 0 atom stereocenters. The fourth-order valence-electron chi connectivity index (χ4n) is 2.44. The van der Waals surface area contributed by atoms with E-state index in [2.05, 4.69) is 10.3 Å². The van der Waals surface area contributed by atoms with Crippen LogP contribution in [-0.4, -0.2) is 22.6 Å². The second-order valence-electron chi connectivity index (χ2n) is 5.78. The molecule has 0 bridgehead atoms. The Bertz CT molecular complexity index is 925. The van der Waals surface area contributed by atoms with Gasteiger partial charge in [-0.3, -0.25) is 9.59 Å². The zero-order valence-corrected chi connectivity index (χ0v) is 15.4. The number of thioether (sulfide) groups is 1. The Morgan fingerprint density at radius 1 is 1.07 bits per heavy atom. The number of primary amides is 1. The normalized spacial score (nSPS) is 10.5. The topological polar surface area (TPSA) is 98.2 Å². The molecule has 2 amide bonds. The summed E-state index contributed by atoms with van der Waals surface area (Å²) in [7, 11) is 0. The van der Waals surface area contributed by atoms with Gasteiger partial charge in [0.25, 0.3) is 0 Å². The van der Waals surface area contributed by atoms with Crippen molar-refractivity contribution in [2.24, 2.45) is 5.73 Å². The highest BCUT2D eigenvalue weighted by atomic mass is 32.2. The summed E-state index contributed by atoms with van der Waals surface area (Å²) in [5, 5.41) is 2.86. The number of aromatic nitrogens is 1. The number of nitrogens with two attached hydrogens (primary N) is 1. The van der Waals surface area contributed by atoms with Crippen LogP contribution in [0.5, 0.6) is 0 Å². The van der Waals surface area contributed by atoms with Crippen molar-refractivity contribution in [2.45, 2.75) is 17.7 Å². The molecule has 0 aliphatic rings. The number of hydrogen-bond donors (Lipinski definition) is 2. The van der Waals surface area contributed by atoms with Gasteiger partial charge < -0.3 is 15.5 Å². The zero-order chi connectivity index (χ0) is 19.1. The largest absolute Gasteiger partial charge is 0.441 e. The summed E-state index contributed by atoms with van der Waals surface area (Å²) in [4.78, 5) is 28.3. The van der Waals surface area contributed by atoms with Crippen LogP contribution < -0.4 is 11.1 Å². The average Bonchev–Trinajstić information content (AvgIpc) is 3.15. The van der Waals surface area contributed by atoms with E-state index in [0.717, 1.165) is 10.5 Å². The first-order chi connectivity index (χ1) is 13.1. The van der Waals surface area contributed by atoms with Crippen LogP contribution in [0.15, 0.2) is 70.1 Å². The Labute approximate surface area is 161 Å². The third-order valence-electron chi connectivity index (χ3n) is 3.71. The maximum absolute atomic E-state index is 12.3. The smallest absolute Gasteiger partial charge is 0.227 e. The molecule has 1 heterocycles. The molecule has 3 N–H and O–H groups in total. The minimum atomic E-state index is -0.403. The van der Waals surface area contributed by atoms with Crippen LogP contribution >= 0.6 is 11.8 Å². The van der Waals surface area contributed by atoms with Crippen LogP contribution in [-0.2, 0) is 16.0 Å². The van der Waals surface area contributed by atoms with E-state index < -0.39 is 5.91 Å². The molecule has 0 unspecified atom stereocenters. The summed E-state index contributed by atoms with van der Waals surface area (Å²) < 4.78 is 5.71. The molecule has 2 aromatic carbocycles. The van der Waals surface area contributed by atoms with Crippen molar-refractivity contribution in [3.8, 4) is 11.3 Å². The standard InChI is InChI=1S/C20H19N3O3S/c21-18(24)13-27-17-9-5-4-8-15(17)23-19(25)10-11-20-22-12-16(26-20)14-6-2-1-3-7-14/h1-9,12H,10-11,13H2,(H2,21,24)(H,23,25).